The predicted molar refractivity (Wildman–Crippen MR) is 248 cm³/mol. The van der Waals surface area contributed by atoms with Crippen LogP contribution in [0.3, 0.4) is 0 Å². The Bertz CT molecular complexity index is 2350. The van der Waals surface area contributed by atoms with Gasteiger partial charge in [0, 0.05) is 63.8 Å². The van der Waals surface area contributed by atoms with E-state index in [1.807, 2.05) is 12.1 Å². The number of hydrogen-bond donors (Lipinski definition) is 1. The molecule has 5 amide bonds. The monoisotopic (exact) mass is 1000 g/mol. The van der Waals surface area contributed by atoms with Crippen LogP contribution in [0.2, 0.25) is 0 Å². The molecule has 3 aromatic carbocycles. The van der Waals surface area contributed by atoms with Gasteiger partial charge in [-0.05, 0) is 126 Å². The van der Waals surface area contributed by atoms with Crippen LogP contribution in [0.15, 0.2) is 66.7 Å². The van der Waals surface area contributed by atoms with Crippen molar-refractivity contribution in [2.45, 2.75) is 107 Å². The number of fused-ring (bicyclic) bond motifs is 2. The third-order valence-corrected chi connectivity index (χ3v) is 14.2. The average molecular weight is 1010 g/mol. The Balaban J connectivity index is 0.923. The first-order chi connectivity index (χ1) is 33.4. The number of benzene rings is 3. The van der Waals surface area contributed by atoms with E-state index in [1.165, 1.54) is 29.8 Å². The van der Waals surface area contributed by atoms with E-state index in [2.05, 4.69) is 22.3 Å². The van der Waals surface area contributed by atoms with Gasteiger partial charge >= 0.3 is 24.5 Å². The summed E-state index contributed by atoms with van der Waals surface area (Å²) < 4.78 is 114. The molecule has 4 aliphatic rings. The summed E-state index contributed by atoms with van der Waals surface area (Å²) in [5.74, 6) is -1.79. The van der Waals surface area contributed by atoms with Gasteiger partial charge < -0.3 is 44.0 Å². The Hall–Kier alpha value is -5.47. The highest BCUT2D eigenvalue weighted by Crippen LogP contribution is 2.48. The summed E-state index contributed by atoms with van der Waals surface area (Å²) in [5, 5.41) is 2.88. The van der Waals surface area contributed by atoms with Crippen LogP contribution in [0.5, 0.6) is 0 Å². The third-order valence-electron chi connectivity index (χ3n) is 14.2. The SMILES string of the molecule is CN(CCCN(C)C(=O)N1CCC(NC(=O)OC(C)(C)C)CC1)C(=O)CO[C@H]1Cc2ccccc2C12CCN(CC[C@@]1(c3ccc(F)cc3)CN(C(=O)c3cc(C(F)(F)F)cc(C(F)(F)F)c3)CO1)CC2. The summed E-state index contributed by atoms with van der Waals surface area (Å²) >= 11 is 0. The quantitative estimate of drug-likeness (QED) is 0.169. The maximum atomic E-state index is 14.2. The second kappa shape index (κ2) is 21.3. The second-order valence-corrected chi connectivity index (χ2v) is 20.3. The first-order valence-corrected chi connectivity index (χ1v) is 24.0. The van der Waals surface area contributed by atoms with Gasteiger partial charge in [-0.2, -0.15) is 26.3 Å². The molecule has 20 heteroatoms. The zero-order valence-electron chi connectivity index (χ0n) is 40.8. The van der Waals surface area contributed by atoms with Gasteiger partial charge in [0.2, 0.25) is 5.91 Å². The van der Waals surface area contributed by atoms with Crippen LogP contribution in [-0.2, 0) is 48.8 Å². The number of nitrogens with one attached hydrogen (secondary N) is 1. The summed E-state index contributed by atoms with van der Waals surface area (Å²) in [6.45, 7) is 8.15. The van der Waals surface area contributed by atoms with Gasteiger partial charge in [0.05, 0.1) is 23.8 Å². The van der Waals surface area contributed by atoms with Gasteiger partial charge in [-0.1, -0.05) is 36.4 Å². The molecule has 71 heavy (non-hydrogen) atoms. The van der Waals surface area contributed by atoms with Crippen LogP contribution >= 0.6 is 0 Å². The number of ether oxygens (including phenoxy) is 3. The Kier molecular flexibility index (Phi) is 16.0. The van der Waals surface area contributed by atoms with E-state index in [0.29, 0.717) is 102 Å². The molecule has 2 atom stereocenters. The number of amides is 5. The number of alkyl carbamates (subject to hydrolysis) is 1. The summed E-state index contributed by atoms with van der Waals surface area (Å²) in [6, 6.07) is 14.2. The van der Waals surface area contributed by atoms with Crippen molar-refractivity contribution in [3.63, 3.8) is 0 Å². The average Bonchev–Trinajstić information content (AvgIpc) is 3.89. The Morgan fingerprint density at radius 1 is 0.817 bits per heavy atom. The molecule has 3 fully saturated rings. The highest BCUT2D eigenvalue weighted by atomic mass is 19.4. The summed E-state index contributed by atoms with van der Waals surface area (Å²) in [6.07, 6.45) is -7.01. The Labute approximate surface area is 409 Å². The van der Waals surface area contributed by atoms with Gasteiger partial charge in [0.15, 0.2) is 0 Å². The van der Waals surface area contributed by atoms with Gasteiger partial charge in [-0.15, -0.1) is 0 Å². The standard InChI is InChI=1S/C51H63F7N6O7/c1-47(2,3)71-45(67)59-40-15-22-63(23-16-40)46(68)61(5)21-8-20-60(4)43(65)31-69-42-29-34-9-6-7-10-41(34)48(42)17-24-62(25-18-48)26-19-49(36-11-13-39(52)14-12-36)32-64(33-70-49)44(66)35-27-37(50(53,54)55)30-38(28-35)51(56,57)58/h6-7,9-14,27-28,30,40,42H,8,15-26,29,31-33H2,1-5H3,(H,59,67)/t42-,49-/m0/s1. The van der Waals surface area contributed by atoms with E-state index in [0.717, 1.165) is 10.5 Å². The van der Waals surface area contributed by atoms with Crippen LogP contribution in [0.25, 0.3) is 0 Å². The second-order valence-electron chi connectivity index (χ2n) is 20.3. The first-order valence-electron chi connectivity index (χ1n) is 24.0. The molecule has 13 nitrogen and oxygen atoms in total. The van der Waals surface area contributed by atoms with Crippen molar-refractivity contribution in [2.24, 2.45) is 0 Å². The zero-order valence-corrected chi connectivity index (χ0v) is 40.8. The van der Waals surface area contributed by atoms with Gasteiger partial charge in [0.25, 0.3) is 5.91 Å². The maximum absolute atomic E-state index is 14.2. The lowest BCUT2D eigenvalue weighted by atomic mass is 9.72. The summed E-state index contributed by atoms with van der Waals surface area (Å²) in [5.41, 5.74) is -3.43. The molecule has 388 valence electrons. The van der Waals surface area contributed by atoms with E-state index in [4.69, 9.17) is 14.2 Å². The van der Waals surface area contributed by atoms with Crippen LogP contribution < -0.4 is 5.32 Å². The molecule has 3 aliphatic heterocycles. The van der Waals surface area contributed by atoms with Crippen molar-refractivity contribution in [3.05, 3.63) is 106 Å². The van der Waals surface area contributed by atoms with Gasteiger partial charge in [0.1, 0.15) is 30.4 Å². The van der Waals surface area contributed by atoms with Crippen LogP contribution in [0.4, 0.5) is 40.3 Å². The minimum Gasteiger partial charge on any atom is -0.444 e. The summed E-state index contributed by atoms with van der Waals surface area (Å²) in [4.78, 5) is 60.9. The molecular formula is C51H63F7N6O7. The number of carbonyl (C=O) groups is 4. The lowest BCUT2D eigenvalue weighted by Crippen LogP contribution is -2.50. The molecule has 3 saturated heterocycles. The molecule has 0 saturated carbocycles. The molecule has 1 N–H and O–H groups in total. The number of carbonyl (C=O) groups excluding carboxylic acids is 4. The zero-order chi connectivity index (χ0) is 51.5. The smallest absolute Gasteiger partial charge is 0.416 e. The number of nitrogens with zero attached hydrogens (tertiary/aromatic N) is 5. The van der Waals surface area contributed by atoms with E-state index in [9.17, 15) is 49.9 Å². The fraction of sp³-hybridized carbons (Fsp3) is 0.569. The molecular weight excluding hydrogens is 942 g/mol. The molecule has 0 unspecified atom stereocenters. The Morgan fingerprint density at radius 2 is 1.44 bits per heavy atom. The van der Waals surface area contributed by atoms with E-state index in [1.54, 1.807) is 49.6 Å². The van der Waals surface area contributed by atoms with Crippen molar-refractivity contribution in [2.75, 3.05) is 79.8 Å². The van der Waals surface area contributed by atoms with E-state index >= 15 is 0 Å². The van der Waals surface area contributed by atoms with E-state index in [-0.39, 0.29) is 49.7 Å². The number of urea groups is 1. The maximum Gasteiger partial charge on any atom is 0.416 e. The minimum atomic E-state index is -5.14. The van der Waals surface area contributed by atoms with Gasteiger partial charge in [-0.3, -0.25) is 9.59 Å². The molecule has 7 rings (SSSR count). The highest BCUT2D eigenvalue weighted by Gasteiger charge is 2.50. The molecule has 0 bridgehead atoms. The van der Waals surface area contributed by atoms with Crippen molar-refractivity contribution >= 4 is 23.9 Å². The largest absolute Gasteiger partial charge is 0.444 e. The third kappa shape index (κ3) is 12.8. The number of likely N-dealkylation sites (N-methyl/N-ethyl adjacent to an activating group) is 1. The number of rotatable bonds is 13. The Morgan fingerprint density at radius 3 is 2.06 bits per heavy atom. The van der Waals surface area contributed by atoms with Crippen LogP contribution in [0.1, 0.15) is 97.5 Å². The molecule has 1 aliphatic carbocycles. The molecule has 3 aromatic rings. The van der Waals surface area contributed by atoms with Crippen LogP contribution in [-0.4, -0.2) is 146 Å². The molecule has 0 radical (unpaired) electrons. The minimum absolute atomic E-state index is 0.0297. The number of halogens is 7. The molecule has 3 heterocycles. The molecule has 1 spiro atoms. The van der Waals surface area contributed by atoms with Crippen molar-refractivity contribution in [3.8, 4) is 0 Å². The normalized spacial score (nSPS) is 20.8. The topological polar surface area (TPSA) is 124 Å². The fourth-order valence-electron chi connectivity index (χ4n) is 10.3. The number of alkyl halides is 6. The fourth-order valence-corrected chi connectivity index (χ4v) is 10.3. The van der Waals surface area contributed by atoms with Crippen molar-refractivity contribution < 1.29 is 64.1 Å². The van der Waals surface area contributed by atoms with Crippen molar-refractivity contribution in [1.29, 1.82) is 0 Å². The molecule has 0 aromatic heterocycles. The highest BCUT2D eigenvalue weighted by molar-refractivity contribution is 5.95. The number of piperidine rings is 2. The number of likely N-dealkylation sites (tertiary alicyclic amines) is 2. The first kappa shape index (κ1) is 53.3. The van der Waals surface area contributed by atoms with Gasteiger partial charge in [-0.25, -0.2) is 14.0 Å². The number of hydrogen-bond acceptors (Lipinski definition) is 8. The van der Waals surface area contributed by atoms with Crippen molar-refractivity contribution in [1.82, 2.24) is 29.8 Å². The lowest BCUT2D eigenvalue weighted by molar-refractivity contribution is -0.143. The van der Waals surface area contributed by atoms with Crippen LogP contribution in [0, 0.1) is 5.82 Å². The predicted octanol–water partition coefficient (Wildman–Crippen LogP) is 8.44. The summed E-state index contributed by atoms with van der Waals surface area (Å²) in [7, 11) is 3.45. The lowest BCUT2D eigenvalue weighted by Gasteiger charge is -2.44. The van der Waals surface area contributed by atoms with E-state index < -0.39 is 70.2 Å².